The van der Waals surface area contributed by atoms with E-state index in [4.69, 9.17) is 4.74 Å². The molecule has 0 fully saturated rings. The number of amides is 1. The molecule has 0 aliphatic rings. The molecule has 8 heteroatoms. The number of ether oxygens (including phenoxy) is 1. The van der Waals surface area contributed by atoms with Gasteiger partial charge in [-0.1, -0.05) is 30.3 Å². The van der Waals surface area contributed by atoms with Crippen molar-refractivity contribution in [1.82, 2.24) is 25.5 Å². The Balaban J connectivity index is 1.34. The number of halogens is 1. The van der Waals surface area contributed by atoms with Crippen molar-refractivity contribution >= 4 is 16.7 Å². The van der Waals surface area contributed by atoms with Gasteiger partial charge in [0.2, 0.25) is 0 Å². The van der Waals surface area contributed by atoms with Gasteiger partial charge in [-0.25, -0.2) is 4.39 Å². The summed E-state index contributed by atoms with van der Waals surface area (Å²) in [6, 6.07) is 19.3. The normalized spacial score (nSPS) is 10.8. The van der Waals surface area contributed by atoms with E-state index in [-0.39, 0.29) is 24.9 Å². The number of hydrogen-bond donors (Lipinski definition) is 1. The first-order chi connectivity index (χ1) is 13.7. The SMILES string of the molecule is O=C(COc1ccc2ccccc2c1)NCc1nnnn1-c1ccc(F)cc1. The van der Waals surface area contributed by atoms with Gasteiger partial charge in [0.1, 0.15) is 11.6 Å². The smallest absolute Gasteiger partial charge is 0.258 e. The summed E-state index contributed by atoms with van der Waals surface area (Å²) in [5.41, 5.74) is 0.600. The molecule has 28 heavy (non-hydrogen) atoms. The van der Waals surface area contributed by atoms with Gasteiger partial charge in [-0.3, -0.25) is 4.79 Å². The van der Waals surface area contributed by atoms with Crippen molar-refractivity contribution in [2.75, 3.05) is 6.61 Å². The summed E-state index contributed by atoms with van der Waals surface area (Å²) in [6.45, 7) is -0.0132. The summed E-state index contributed by atoms with van der Waals surface area (Å²) < 4.78 is 20.1. The van der Waals surface area contributed by atoms with Gasteiger partial charge in [0.05, 0.1) is 12.2 Å². The van der Waals surface area contributed by atoms with Crippen LogP contribution >= 0.6 is 0 Å². The van der Waals surface area contributed by atoms with Gasteiger partial charge in [-0.2, -0.15) is 4.68 Å². The molecule has 1 amide bonds. The zero-order valence-electron chi connectivity index (χ0n) is 14.7. The molecule has 0 bridgehead atoms. The number of carbonyl (C=O) groups excluding carboxylic acids is 1. The summed E-state index contributed by atoms with van der Waals surface area (Å²) in [4.78, 5) is 12.1. The molecule has 0 radical (unpaired) electrons. The number of benzene rings is 3. The Morgan fingerprint density at radius 2 is 1.82 bits per heavy atom. The molecule has 0 saturated heterocycles. The fraction of sp³-hybridized carbons (Fsp3) is 0.100. The quantitative estimate of drug-likeness (QED) is 0.559. The lowest BCUT2D eigenvalue weighted by molar-refractivity contribution is -0.123. The van der Waals surface area contributed by atoms with Crippen LogP contribution in [0, 0.1) is 5.82 Å². The zero-order valence-corrected chi connectivity index (χ0v) is 14.7. The van der Waals surface area contributed by atoms with Gasteiger partial charge in [0.15, 0.2) is 12.4 Å². The van der Waals surface area contributed by atoms with E-state index in [1.807, 2.05) is 42.5 Å². The van der Waals surface area contributed by atoms with Crippen LogP contribution in [0.25, 0.3) is 16.5 Å². The van der Waals surface area contributed by atoms with Gasteiger partial charge in [0, 0.05) is 0 Å². The average Bonchev–Trinajstić information content (AvgIpc) is 3.20. The minimum atomic E-state index is -0.350. The van der Waals surface area contributed by atoms with Crippen LogP contribution in [0.15, 0.2) is 66.7 Å². The lowest BCUT2D eigenvalue weighted by atomic mass is 10.1. The van der Waals surface area contributed by atoms with E-state index in [2.05, 4.69) is 20.8 Å². The van der Waals surface area contributed by atoms with Crippen LogP contribution in [0.2, 0.25) is 0 Å². The first-order valence-electron chi connectivity index (χ1n) is 8.60. The lowest BCUT2D eigenvalue weighted by Gasteiger charge is -2.09. The van der Waals surface area contributed by atoms with E-state index in [0.29, 0.717) is 17.3 Å². The van der Waals surface area contributed by atoms with Crippen LogP contribution in [0.4, 0.5) is 4.39 Å². The second kappa shape index (κ2) is 7.83. The van der Waals surface area contributed by atoms with Gasteiger partial charge in [-0.15, -0.1) is 5.10 Å². The van der Waals surface area contributed by atoms with E-state index in [9.17, 15) is 9.18 Å². The van der Waals surface area contributed by atoms with Crippen molar-refractivity contribution in [2.24, 2.45) is 0 Å². The Morgan fingerprint density at radius 1 is 1.04 bits per heavy atom. The van der Waals surface area contributed by atoms with Crippen LogP contribution in [0.1, 0.15) is 5.82 Å². The van der Waals surface area contributed by atoms with Gasteiger partial charge >= 0.3 is 0 Å². The van der Waals surface area contributed by atoms with E-state index in [1.165, 1.54) is 16.8 Å². The fourth-order valence-corrected chi connectivity index (χ4v) is 2.73. The molecule has 3 aromatic carbocycles. The molecule has 1 aromatic heterocycles. The topological polar surface area (TPSA) is 81.9 Å². The van der Waals surface area contributed by atoms with E-state index in [0.717, 1.165) is 10.8 Å². The monoisotopic (exact) mass is 377 g/mol. The summed E-state index contributed by atoms with van der Waals surface area (Å²) >= 11 is 0. The van der Waals surface area contributed by atoms with Gasteiger partial charge in [-0.05, 0) is 57.6 Å². The maximum absolute atomic E-state index is 13.1. The van der Waals surface area contributed by atoms with Crippen LogP contribution in [-0.4, -0.2) is 32.7 Å². The number of fused-ring (bicyclic) bond motifs is 1. The number of tetrazole rings is 1. The van der Waals surface area contributed by atoms with Crippen molar-refractivity contribution < 1.29 is 13.9 Å². The minimum absolute atomic E-state index is 0.115. The van der Waals surface area contributed by atoms with Crippen molar-refractivity contribution in [3.8, 4) is 11.4 Å². The van der Waals surface area contributed by atoms with Crippen molar-refractivity contribution in [3.63, 3.8) is 0 Å². The molecular weight excluding hydrogens is 361 g/mol. The molecular formula is C20H16FN5O2. The standard InChI is InChI=1S/C20H16FN5O2/c21-16-6-8-17(9-7-16)26-19(23-24-25-26)12-22-20(27)13-28-18-10-5-14-3-1-2-4-15(14)11-18/h1-11H,12-13H2,(H,22,27). The molecule has 140 valence electrons. The number of rotatable bonds is 6. The van der Waals surface area contributed by atoms with Gasteiger partial charge < -0.3 is 10.1 Å². The van der Waals surface area contributed by atoms with Crippen LogP contribution in [0.5, 0.6) is 5.75 Å². The number of nitrogens with zero attached hydrogens (tertiary/aromatic N) is 4. The average molecular weight is 377 g/mol. The van der Waals surface area contributed by atoms with Crippen molar-refractivity contribution in [1.29, 1.82) is 0 Å². The first kappa shape index (κ1) is 17.6. The molecule has 0 aliphatic carbocycles. The second-order valence-electron chi connectivity index (χ2n) is 6.06. The van der Waals surface area contributed by atoms with Gasteiger partial charge in [0.25, 0.3) is 5.91 Å². The van der Waals surface area contributed by atoms with Crippen LogP contribution in [0.3, 0.4) is 0 Å². The Bertz CT molecular complexity index is 1110. The molecule has 4 rings (SSSR count). The van der Waals surface area contributed by atoms with E-state index in [1.54, 1.807) is 12.1 Å². The molecule has 7 nitrogen and oxygen atoms in total. The third-order valence-electron chi connectivity index (χ3n) is 4.14. The molecule has 0 unspecified atom stereocenters. The lowest BCUT2D eigenvalue weighted by Crippen LogP contribution is -2.29. The second-order valence-corrected chi connectivity index (χ2v) is 6.06. The minimum Gasteiger partial charge on any atom is -0.484 e. The molecule has 1 N–H and O–H groups in total. The summed E-state index contributed by atoms with van der Waals surface area (Å²) in [6.07, 6.45) is 0. The summed E-state index contributed by atoms with van der Waals surface area (Å²) in [5.74, 6) is 0.384. The Kier molecular flexibility index (Phi) is 4.92. The molecule has 0 aliphatic heterocycles. The number of aromatic nitrogens is 4. The highest BCUT2D eigenvalue weighted by atomic mass is 19.1. The molecule has 1 heterocycles. The fourth-order valence-electron chi connectivity index (χ4n) is 2.73. The Labute approximate surface area is 159 Å². The molecule has 0 spiro atoms. The molecule has 4 aromatic rings. The highest BCUT2D eigenvalue weighted by molar-refractivity contribution is 5.84. The van der Waals surface area contributed by atoms with E-state index >= 15 is 0 Å². The number of carbonyl (C=O) groups is 1. The maximum Gasteiger partial charge on any atom is 0.258 e. The summed E-state index contributed by atoms with van der Waals surface area (Å²) in [5, 5.41) is 16.2. The predicted molar refractivity (Wildman–Crippen MR) is 100 cm³/mol. The maximum atomic E-state index is 13.1. The first-order valence-corrected chi connectivity index (χ1v) is 8.60. The van der Waals surface area contributed by atoms with Crippen LogP contribution in [-0.2, 0) is 11.3 Å². The third kappa shape index (κ3) is 3.96. The molecule has 0 saturated carbocycles. The molecule has 0 atom stereocenters. The Hall–Kier alpha value is -3.81. The largest absolute Gasteiger partial charge is 0.484 e. The van der Waals surface area contributed by atoms with Crippen molar-refractivity contribution in [2.45, 2.75) is 6.54 Å². The zero-order chi connectivity index (χ0) is 19.3. The Morgan fingerprint density at radius 3 is 2.64 bits per heavy atom. The van der Waals surface area contributed by atoms with Crippen LogP contribution < -0.4 is 10.1 Å². The number of nitrogens with one attached hydrogen (secondary N) is 1. The van der Waals surface area contributed by atoms with Crippen molar-refractivity contribution in [3.05, 3.63) is 78.4 Å². The highest BCUT2D eigenvalue weighted by Gasteiger charge is 2.10. The van der Waals surface area contributed by atoms with E-state index < -0.39 is 0 Å². The number of hydrogen-bond acceptors (Lipinski definition) is 5. The summed E-state index contributed by atoms with van der Waals surface area (Å²) in [7, 11) is 0. The predicted octanol–water partition coefficient (Wildman–Crippen LogP) is 2.65. The highest BCUT2D eigenvalue weighted by Crippen LogP contribution is 2.20. The third-order valence-corrected chi connectivity index (χ3v) is 4.14.